The SMILES string of the molecule is N#CC(=CNc1cc(F)c(C(F)(F)F)c(F)c1F)c1nn[nH]n1. The maximum Gasteiger partial charge on any atom is 0.422 e. The highest BCUT2D eigenvalue weighted by molar-refractivity contribution is 5.74. The summed E-state index contributed by atoms with van der Waals surface area (Å²) in [4.78, 5) is 0. The van der Waals surface area contributed by atoms with Crippen molar-refractivity contribution in [3.05, 3.63) is 41.1 Å². The van der Waals surface area contributed by atoms with Crippen molar-refractivity contribution >= 4 is 11.3 Å². The summed E-state index contributed by atoms with van der Waals surface area (Å²) in [6.45, 7) is 0. The van der Waals surface area contributed by atoms with E-state index in [1.807, 2.05) is 10.5 Å². The average Bonchev–Trinajstić information content (AvgIpc) is 2.97. The van der Waals surface area contributed by atoms with Crippen LogP contribution in [0, 0.1) is 28.8 Å². The van der Waals surface area contributed by atoms with E-state index in [1.54, 1.807) is 6.07 Å². The summed E-state index contributed by atoms with van der Waals surface area (Å²) < 4.78 is 77.7. The van der Waals surface area contributed by atoms with Crippen molar-refractivity contribution in [3.63, 3.8) is 0 Å². The number of rotatable bonds is 3. The normalized spacial score (nSPS) is 12.1. The van der Waals surface area contributed by atoms with Gasteiger partial charge in [0.2, 0.25) is 5.82 Å². The van der Waals surface area contributed by atoms with Gasteiger partial charge in [0.1, 0.15) is 23.0 Å². The first kappa shape index (κ1) is 16.3. The van der Waals surface area contributed by atoms with E-state index in [9.17, 15) is 26.3 Å². The average molecular weight is 334 g/mol. The molecule has 0 unspecified atom stereocenters. The van der Waals surface area contributed by atoms with Gasteiger partial charge >= 0.3 is 6.18 Å². The van der Waals surface area contributed by atoms with Crippen molar-refractivity contribution in [3.8, 4) is 6.07 Å². The van der Waals surface area contributed by atoms with Crippen molar-refractivity contribution in [1.29, 1.82) is 5.26 Å². The second-order valence-electron chi connectivity index (χ2n) is 3.96. The molecule has 0 aliphatic heterocycles. The van der Waals surface area contributed by atoms with Crippen LogP contribution in [0.15, 0.2) is 12.3 Å². The van der Waals surface area contributed by atoms with Gasteiger partial charge in [0.05, 0.1) is 5.69 Å². The summed E-state index contributed by atoms with van der Waals surface area (Å²) in [5.41, 5.74) is -3.59. The summed E-state index contributed by atoms with van der Waals surface area (Å²) in [6, 6.07) is 1.70. The molecule has 0 fully saturated rings. The molecule has 23 heavy (non-hydrogen) atoms. The quantitative estimate of drug-likeness (QED) is 0.512. The standard InChI is InChI=1S/C11H4F6N6/c12-5-1-6(8(13)9(14)7(5)11(15,16)17)19-3-4(2-18)10-20-22-23-21-10/h1,3,19H,(H,20,21,22,23). The van der Waals surface area contributed by atoms with Gasteiger partial charge in [-0.15, -0.1) is 10.2 Å². The number of nitriles is 1. The van der Waals surface area contributed by atoms with Crippen molar-refractivity contribution in [2.24, 2.45) is 0 Å². The van der Waals surface area contributed by atoms with E-state index in [-0.39, 0.29) is 17.5 Å². The number of nitrogens with zero attached hydrogens (tertiary/aromatic N) is 4. The number of anilines is 1. The van der Waals surface area contributed by atoms with Crippen LogP contribution in [0.5, 0.6) is 0 Å². The Kier molecular flexibility index (Phi) is 4.21. The number of aromatic amines is 1. The minimum atomic E-state index is -5.40. The highest BCUT2D eigenvalue weighted by atomic mass is 19.4. The lowest BCUT2D eigenvalue weighted by Gasteiger charge is -2.12. The second kappa shape index (κ2) is 5.95. The lowest BCUT2D eigenvalue weighted by atomic mass is 10.1. The van der Waals surface area contributed by atoms with Gasteiger partial charge in [0.25, 0.3) is 0 Å². The largest absolute Gasteiger partial charge is 0.422 e. The number of tetrazole rings is 1. The second-order valence-corrected chi connectivity index (χ2v) is 3.96. The fourth-order valence-electron chi connectivity index (χ4n) is 1.53. The molecule has 2 aromatic rings. The van der Waals surface area contributed by atoms with Crippen molar-refractivity contribution in [2.75, 3.05) is 5.32 Å². The Balaban J connectivity index is 2.41. The van der Waals surface area contributed by atoms with Crippen molar-refractivity contribution in [1.82, 2.24) is 20.6 Å². The number of alkyl halides is 3. The molecule has 1 aromatic carbocycles. The predicted octanol–water partition coefficient (Wildman–Crippen LogP) is 2.61. The van der Waals surface area contributed by atoms with Gasteiger partial charge in [-0.2, -0.15) is 23.6 Å². The van der Waals surface area contributed by atoms with Crippen LogP contribution in [0.1, 0.15) is 11.4 Å². The third-order valence-electron chi connectivity index (χ3n) is 2.52. The van der Waals surface area contributed by atoms with Gasteiger partial charge < -0.3 is 5.32 Å². The number of hydrogen-bond donors (Lipinski definition) is 2. The fourth-order valence-corrected chi connectivity index (χ4v) is 1.53. The lowest BCUT2D eigenvalue weighted by Crippen LogP contribution is -2.14. The molecule has 0 atom stereocenters. The van der Waals surface area contributed by atoms with E-state index < -0.39 is 34.9 Å². The third kappa shape index (κ3) is 3.23. The van der Waals surface area contributed by atoms with Crippen molar-refractivity contribution in [2.45, 2.75) is 6.18 Å². The molecule has 6 nitrogen and oxygen atoms in total. The predicted molar refractivity (Wildman–Crippen MR) is 62.7 cm³/mol. The molecule has 0 amide bonds. The maximum atomic E-state index is 13.6. The van der Waals surface area contributed by atoms with Gasteiger partial charge in [0, 0.05) is 12.3 Å². The number of halogens is 6. The highest BCUT2D eigenvalue weighted by Crippen LogP contribution is 2.36. The smallest absolute Gasteiger partial charge is 0.358 e. The first-order valence-electron chi connectivity index (χ1n) is 5.61. The first-order valence-corrected chi connectivity index (χ1v) is 5.61. The fraction of sp³-hybridized carbons (Fsp3) is 0.0909. The molecule has 120 valence electrons. The van der Waals surface area contributed by atoms with Crippen LogP contribution in [0.2, 0.25) is 0 Å². The summed E-state index contributed by atoms with van der Waals surface area (Å²) in [5.74, 6) is -6.58. The molecular weight excluding hydrogens is 330 g/mol. The Morgan fingerprint density at radius 2 is 1.96 bits per heavy atom. The topological polar surface area (TPSA) is 90.3 Å². The van der Waals surface area contributed by atoms with Crippen LogP contribution >= 0.6 is 0 Å². The Hall–Kier alpha value is -3.10. The van der Waals surface area contributed by atoms with Crippen LogP contribution in [0.3, 0.4) is 0 Å². The summed E-state index contributed by atoms with van der Waals surface area (Å²) in [7, 11) is 0. The Morgan fingerprint density at radius 1 is 1.26 bits per heavy atom. The van der Waals surface area contributed by atoms with E-state index in [0.29, 0.717) is 0 Å². The van der Waals surface area contributed by atoms with E-state index in [0.717, 1.165) is 6.20 Å². The molecule has 1 heterocycles. The third-order valence-corrected chi connectivity index (χ3v) is 2.52. The molecule has 2 N–H and O–H groups in total. The minimum absolute atomic E-state index is 0.114. The van der Waals surface area contributed by atoms with Gasteiger partial charge in [-0.3, -0.25) is 0 Å². The molecule has 1 aromatic heterocycles. The molecule has 0 saturated carbocycles. The van der Waals surface area contributed by atoms with Crippen LogP contribution in [-0.4, -0.2) is 20.6 Å². The summed E-state index contributed by atoms with van der Waals surface area (Å²) in [5, 5.41) is 22.9. The Morgan fingerprint density at radius 3 is 2.48 bits per heavy atom. The number of allylic oxidation sites excluding steroid dienone is 1. The molecule has 0 aliphatic rings. The zero-order valence-electron chi connectivity index (χ0n) is 10.7. The van der Waals surface area contributed by atoms with E-state index in [1.165, 1.54) is 0 Å². The van der Waals surface area contributed by atoms with Gasteiger partial charge in [-0.1, -0.05) is 0 Å². The molecule has 2 rings (SSSR count). The zero-order chi connectivity index (χ0) is 17.2. The van der Waals surface area contributed by atoms with Gasteiger partial charge in [0.15, 0.2) is 11.6 Å². The number of nitrogens with one attached hydrogen (secondary N) is 2. The van der Waals surface area contributed by atoms with Crippen molar-refractivity contribution < 1.29 is 26.3 Å². The zero-order valence-corrected chi connectivity index (χ0v) is 10.7. The van der Waals surface area contributed by atoms with E-state index >= 15 is 0 Å². The van der Waals surface area contributed by atoms with Gasteiger partial charge in [-0.25, -0.2) is 13.2 Å². The minimum Gasteiger partial charge on any atom is -0.358 e. The monoisotopic (exact) mass is 334 g/mol. The molecule has 0 saturated heterocycles. The molecule has 0 aliphatic carbocycles. The number of benzene rings is 1. The number of H-pyrrole nitrogens is 1. The molecule has 0 radical (unpaired) electrons. The highest BCUT2D eigenvalue weighted by Gasteiger charge is 2.39. The molecule has 0 bridgehead atoms. The Labute approximate surface area is 123 Å². The van der Waals surface area contributed by atoms with Crippen LogP contribution < -0.4 is 5.32 Å². The number of aromatic nitrogens is 4. The van der Waals surface area contributed by atoms with Crippen LogP contribution in [0.25, 0.3) is 5.57 Å². The lowest BCUT2D eigenvalue weighted by molar-refractivity contribution is -0.142. The Bertz CT molecular complexity index is 789. The first-order chi connectivity index (χ1) is 10.8. The maximum absolute atomic E-state index is 13.6. The van der Waals surface area contributed by atoms with Crippen LogP contribution in [0.4, 0.5) is 32.0 Å². The summed E-state index contributed by atoms with van der Waals surface area (Å²) >= 11 is 0. The van der Waals surface area contributed by atoms with Gasteiger partial charge in [-0.05, 0) is 5.21 Å². The van der Waals surface area contributed by atoms with Crippen LogP contribution in [-0.2, 0) is 6.18 Å². The molecule has 0 spiro atoms. The van der Waals surface area contributed by atoms with E-state index in [4.69, 9.17) is 5.26 Å². The van der Waals surface area contributed by atoms with E-state index in [2.05, 4.69) is 15.4 Å². The molecule has 12 heteroatoms. The molecular formula is C11H4F6N6. The number of hydrogen-bond acceptors (Lipinski definition) is 5. The summed E-state index contributed by atoms with van der Waals surface area (Å²) in [6.07, 6.45) is -4.64.